The molecule has 2 N–H and O–H groups in total. The van der Waals surface area contributed by atoms with E-state index in [-0.39, 0.29) is 11.6 Å². The van der Waals surface area contributed by atoms with Crippen molar-refractivity contribution in [3.63, 3.8) is 0 Å². The lowest BCUT2D eigenvalue weighted by Gasteiger charge is -2.30. The maximum Gasteiger partial charge on any atom is 0.416 e. The first-order chi connectivity index (χ1) is 12.2. The molecule has 0 bridgehead atoms. The molecule has 140 valence electrons. The van der Waals surface area contributed by atoms with Crippen LogP contribution in [0.3, 0.4) is 0 Å². The van der Waals surface area contributed by atoms with Gasteiger partial charge < -0.3 is 10.4 Å². The van der Waals surface area contributed by atoms with Gasteiger partial charge in [0.25, 0.3) is 0 Å². The monoisotopic (exact) mass is 364 g/mol. The quantitative estimate of drug-likeness (QED) is 0.839. The van der Waals surface area contributed by atoms with Gasteiger partial charge in [-0.1, -0.05) is 30.3 Å². The van der Waals surface area contributed by atoms with Gasteiger partial charge in [0.15, 0.2) is 0 Å². The summed E-state index contributed by atoms with van der Waals surface area (Å²) in [6.07, 6.45) is -3.49. The Morgan fingerprint density at radius 1 is 1.08 bits per heavy atom. The first-order valence-corrected chi connectivity index (χ1v) is 8.68. The number of hydrogen-bond donors (Lipinski definition) is 2. The normalized spacial score (nSPS) is 20.7. The number of likely N-dealkylation sites (tertiary alicyclic amines) is 1. The number of β-amino-alcohol motifs (C(OH)–C–C–N with tert-alkyl or cyclic N) is 1. The van der Waals surface area contributed by atoms with Gasteiger partial charge >= 0.3 is 6.18 Å². The Morgan fingerprint density at radius 2 is 1.77 bits per heavy atom. The lowest BCUT2D eigenvalue weighted by molar-refractivity contribution is -0.137. The van der Waals surface area contributed by atoms with Crippen molar-refractivity contribution in [3.8, 4) is 0 Å². The Labute approximate surface area is 151 Å². The summed E-state index contributed by atoms with van der Waals surface area (Å²) in [5, 5.41) is 14.2. The van der Waals surface area contributed by atoms with E-state index in [1.165, 1.54) is 6.07 Å². The topological polar surface area (TPSA) is 35.5 Å². The highest BCUT2D eigenvalue weighted by Gasteiger charge is 2.34. The van der Waals surface area contributed by atoms with Crippen LogP contribution >= 0.6 is 0 Å². The summed E-state index contributed by atoms with van der Waals surface area (Å²) in [5.74, 6) is 0. The number of benzene rings is 2. The number of rotatable bonds is 5. The predicted molar refractivity (Wildman–Crippen MR) is 95.9 cm³/mol. The molecule has 6 heteroatoms. The van der Waals surface area contributed by atoms with Crippen molar-refractivity contribution in [3.05, 3.63) is 65.7 Å². The molecule has 1 fully saturated rings. The van der Waals surface area contributed by atoms with Crippen LogP contribution in [0.2, 0.25) is 0 Å². The van der Waals surface area contributed by atoms with Gasteiger partial charge in [0.05, 0.1) is 11.2 Å². The van der Waals surface area contributed by atoms with Crippen molar-refractivity contribution in [1.82, 2.24) is 4.90 Å². The number of aliphatic hydroxyl groups is 1. The molecule has 0 amide bonds. The second-order valence-electron chi connectivity index (χ2n) is 7.08. The zero-order chi connectivity index (χ0) is 18.8. The van der Waals surface area contributed by atoms with Gasteiger partial charge in [-0.2, -0.15) is 13.2 Å². The molecule has 3 rings (SSSR count). The van der Waals surface area contributed by atoms with Crippen molar-refractivity contribution in [1.29, 1.82) is 0 Å². The summed E-state index contributed by atoms with van der Waals surface area (Å²) in [5.41, 5.74) is -0.751. The van der Waals surface area contributed by atoms with Crippen LogP contribution < -0.4 is 5.32 Å². The highest BCUT2D eigenvalue weighted by Crippen LogP contribution is 2.32. The van der Waals surface area contributed by atoms with Gasteiger partial charge in [-0.05, 0) is 43.2 Å². The van der Waals surface area contributed by atoms with Crippen LogP contribution in [0.15, 0.2) is 54.6 Å². The molecule has 0 radical (unpaired) electrons. The number of alkyl halides is 3. The van der Waals surface area contributed by atoms with Crippen LogP contribution in [-0.4, -0.2) is 35.7 Å². The molecule has 2 aromatic rings. The van der Waals surface area contributed by atoms with E-state index in [1.54, 1.807) is 13.0 Å². The molecule has 0 spiro atoms. The van der Waals surface area contributed by atoms with E-state index in [9.17, 15) is 18.3 Å². The third-order valence-corrected chi connectivity index (χ3v) is 4.76. The fourth-order valence-corrected chi connectivity index (χ4v) is 3.42. The Kier molecular flexibility index (Phi) is 5.25. The SMILES string of the molecule is C[C@@](O)(CN1CC[C@@H](Nc2ccccc2)C1)c1cccc(C(F)(F)F)c1. The van der Waals surface area contributed by atoms with Gasteiger partial charge in [-0.15, -0.1) is 0 Å². The van der Waals surface area contributed by atoms with Crippen molar-refractivity contribution < 1.29 is 18.3 Å². The second-order valence-corrected chi connectivity index (χ2v) is 7.08. The number of halogens is 3. The van der Waals surface area contributed by atoms with Crippen molar-refractivity contribution in [2.24, 2.45) is 0 Å². The Bertz CT molecular complexity index is 731. The van der Waals surface area contributed by atoms with Gasteiger partial charge in [0.2, 0.25) is 0 Å². The fraction of sp³-hybridized carbons (Fsp3) is 0.400. The van der Waals surface area contributed by atoms with Crippen LogP contribution in [0.1, 0.15) is 24.5 Å². The Morgan fingerprint density at radius 3 is 2.46 bits per heavy atom. The number of para-hydroxylation sites is 1. The molecular formula is C20H23F3N2O. The number of nitrogens with one attached hydrogen (secondary N) is 1. The Balaban J connectivity index is 1.63. The smallest absolute Gasteiger partial charge is 0.384 e. The highest BCUT2D eigenvalue weighted by atomic mass is 19.4. The lowest BCUT2D eigenvalue weighted by atomic mass is 9.93. The van der Waals surface area contributed by atoms with Gasteiger partial charge in [0.1, 0.15) is 0 Å². The molecule has 0 saturated carbocycles. The standard InChI is InChI=1S/C20H23F3N2O/c1-19(26,15-6-5-7-16(12-15)20(21,22)23)14-25-11-10-18(13-25)24-17-8-3-2-4-9-17/h2-9,12,18,24,26H,10-11,13-14H2,1H3/t18-,19-/m1/s1. The van der Waals surface area contributed by atoms with E-state index in [1.807, 2.05) is 30.3 Å². The molecule has 0 aromatic heterocycles. The molecule has 1 saturated heterocycles. The molecule has 1 heterocycles. The van der Waals surface area contributed by atoms with E-state index in [0.717, 1.165) is 37.3 Å². The molecule has 0 unspecified atom stereocenters. The third kappa shape index (κ3) is 4.56. The van der Waals surface area contributed by atoms with Crippen molar-refractivity contribution in [2.45, 2.75) is 31.2 Å². The molecule has 3 nitrogen and oxygen atoms in total. The summed E-state index contributed by atoms with van der Waals surface area (Å²) in [6.45, 7) is 3.39. The van der Waals surface area contributed by atoms with E-state index in [4.69, 9.17) is 0 Å². The molecular weight excluding hydrogens is 341 g/mol. The fourth-order valence-electron chi connectivity index (χ4n) is 3.42. The number of hydrogen-bond acceptors (Lipinski definition) is 3. The van der Waals surface area contributed by atoms with Crippen LogP contribution in [0, 0.1) is 0 Å². The van der Waals surface area contributed by atoms with Crippen LogP contribution in [0.5, 0.6) is 0 Å². The average Bonchev–Trinajstić information content (AvgIpc) is 3.01. The largest absolute Gasteiger partial charge is 0.416 e. The molecule has 0 aliphatic carbocycles. The first kappa shape index (κ1) is 18.7. The average molecular weight is 364 g/mol. The number of anilines is 1. The first-order valence-electron chi connectivity index (χ1n) is 8.68. The summed E-state index contributed by atoms with van der Waals surface area (Å²) < 4.78 is 38.8. The summed E-state index contributed by atoms with van der Waals surface area (Å²) in [6, 6.07) is 15.1. The molecule has 26 heavy (non-hydrogen) atoms. The van der Waals surface area contributed by atoms with Crippen LogP contribution in [0.4, 0.5) is 18.9 Å². The van der Waals surface area contributed by atoms with E-state index >= 15 is 0 Å². The zero-order valence-electron chi connectivity index (χ0n) is 14.6. The number of nitrogens with zero attached hydrogens (tertiary/aromatic N) is 1. The van der Waals surface area contributed by atoms with E-state index < -0.39 is 17.3 Å². The molecule has 2 aromatic carbocycles. The molecule has 1 aliphatic rings. The van der Waals surface area contributed by atoms with Gasteiger partial charge in [0, 0.05) is 31.4 Å². The second kappa shape index (κ2) is 7.29. The van der Waals surface area contributed by atoms with Crippen molar-refractivity contribution in [2.75, 3.05) is 25.0 Å². The Hall–Kier alpha value is -2.05. The highest BCUT2D eigenvalue weighted by molar-refractivity contribution is 5.43. The van der Waals surface area contributed by atoms with Gasteiger partial charge in [-0.25, -0.2) is 0 Å². The predicted octanol–water partition coefficient (Wildman–Crippen LogP) is 4.10. The summed E-state index contributed by atoms with van der Waals surface area (Å²) >= 11 is 0. The minimum absolute atomic E-state index is 0.259. The van der Waals surface area contributed by atoms with E-state index in [0.29, 0.717) is 6.54 Å². The molecule has 1 aliphatic heterocycles. The molecule has 2 atom stereocenters. The van der Waals surface area contributed by atoms with Crippen molar-refractivity contribution >= 4 is 5.69 Å². The van der Waals surface area contributed by atoms with E-state index in [2.05, 4.69) is 10.2 Å². The minimum Gasteiger partial charge on any atom is -0.384 e. The van der Waals surface area contributed by atoms with Gasteiger partial charge in [-0.3, -0.25) is 4.90 Å². The maximum absolute atomic E-state index is 12.9. The van der Waals surface area contributed by atoms with Crippen LogP contribution in [-0.2, 0) is 11.8 Å². The summed E-state index contributed by atoms with van der Waals surface area (Å²) in [7, 11) is 0. The minimum atomic E-state index is -4.41. The zero-order valence-corrected chi connectivity index (χ0v) is 14.6. The lowest BCUT2D eigenvalue weighted by Crippen LogP contribution is -2.39. The van der Waals surface area contributed by atoms with Crippen LogP contribution in [0.25, 0.3) is 0 Å². The maximum atomic E-state index is 12.9. The summed E-state index contributed by atoms with van der Waals surface area (Å²) in [4.78, 5) is 2.08. The third-order valence-electron chi connectivity index (χ3n) is 4.76.